The summed E-state index contributed by atoms with van der Waals surface area (Å²) in [6, 6.07) is 16.1. The molecule has 3 rings (SSSR count). The zero-order valence-electron chi connectivity index (χ0n) is 16.5. The minimum Gasteiger partial charge on any atom is -0.497 e. The molecule has 0 saturated carbocycles. The van der Waals surface area contributed by atoms with Crippen LogP contribution in [0.25, 0.3) is 0 Å². The van der Waals surface area contributed by atoms with Crippen LogP contribution >= 0.6 is 0 Å². The maximum absolute atomic E-state index is 13.4. The minimum absolute atomic E-state index is 0.0186. The van der Waals surface area contributed by atoms with E-state index in [0.29, 0.717) is 6.54 Å². The minimum atomic E-state index is -0.520. The van der Waals surface area contributed by atoms with Gasteiger partial charge in [-0.1, -0.05) is 30.3 Å². The van der Waals surface area contributed by atoms with Crippen LogP contribution in [0.3, 0.4) is 0 Å². The van der Waals surface area contributed by atoms with Gasteiger partial charge in [0.2, 0.25) is 0 Å². The van der Waals surface area contributed by atoms with Crippen molar-refractivity contribution >= 4 is 11.6 Å². The van der Waals surface area contributed by atoms with E-state index < -0.39 is 6.10 Å². The van der Waals surface area contributed by atoms with Gasteiger partial charge >= 0.3 is 0 Å². The fourth-order valence-electron chi connectivity index (χ4n) is 3.67. The van der Waals surface area contributed by atoms with E-state index in [1.54, 1.807) is 14.2 Å². The maximum Gasteiger partial charge on any atom is 0.256 e. The molecule has 144 valence electrons. The van der Waals surface area contributed by atoms with Crippen molar-refractivity contribution in [3.05, 3.63) is 59.7 Å². The largest absolute Gasteiger partial charge is 0.497 e. The van der Waals surface area contributed by atoms with Gasteiger partial charge in [-0.25, -0.2) is 0 Å². The Labute approximate surface area is 161 Å². The monoisotopic (exact) mass is 368 g/mol. The van der Waals surface area contributed by atoms with Crippen LogP contribution in [0.1, 0.15) is 17.0 Å². The van der Waals surface area contributed by atoms with Crippen molar-refractivity contribution < 1.29 is 14.3 Å². The third kappa shape index (κ3) is 4.15. The molecule has 5 nitrogen and oxygen atoms in total. The number of ether oxygens (including phenoxy) is 2. The molecule has 1 aliphatic rings. The molecule has 0 bridgehead atoms. The molecule has 0 aliphatic carbocycles. The van der Waals surface area contributed by atoms with Crippen LogP contribution in [0.2, 0.25) is 0 Å². The summed E-state index contributed by atoms with van der Waals surface area (Å²) in [5, 5.41) is 0. The second-order valence-electron chi connectivity index (χ2n) is 7.16. The Hall–Kier alpha value is -2.37. The first-order valence-electron chi connectivity index (χ1n) is 9.26. The molecule has 0 N–H and O–H groups in total. The Morgan fingerprint density at radius 2 is 1.78 bits per heavy atom. The van der Waals surface area contributed by atoms with Gasteiger partial charge in [0.15, 0.2) is 0 Å². The smallest absolute Gasteiger partial charge is 0.256 e. The molecule has 0 aromatic heterocycles. The SMILES string of the molecule is COc1ccc([C@@H]2Cc3ccccc3N(CCN(C)C)C(=O)[C@@H]2OC)cc1. The molecular weight excluding hydrogens is 340 g/mol. The molecule has 0 saturated heterocycles. The molecule has 2 aromatic carbocycles. The highest BCUT2D eigenvalue weighted by atomic mass is 16.5. The highest BCUT2D eigenvalue weighted by Crippen LogP contribution is 2.36. The number of carbonyl (C=O) groups is 1. The molecule has 2 aromatic rings. The number of nitrogens with zero attached hydrogens (tertiary/aromatic N) is 2. The van der Waals surface area contributed by atoms with Crippen LogP contribution in [0.15, 0.2) is 48.5 Å². The van der Waals surface area contributed by atoms with E-state index in [4.69, 9.17) is 9.47 Å². The third-order valence-electron chi connectivity index (χ3n) is 5.17. The summed E-state index contributed by atoms with van der Waals surface area (Å²) in [5.41, 5.74) is 3.24. The molecule has 1 amide bonds. The van der Waals surface area contributed by atoms with Gasteiger partial charge in [0.05, 0.1) is 7.11 Å². The van der Waals surface area contributed by atoms with E-state index >= 15 is 0 Å². The average Bonchev–Trinajstić information content (AvgIpc) is 2.80. The summed E-state index contributed by atoms with van der Waals surface area (Å²) in [6.07, 6.45) is 0.235. The summed E-state index contributed by atoms with van der Waals surface area (Å²) in [7, 11) is 7.31. The Morgan fingerprint density at radius 3 is 2.41 bits per heavy atom. The number of benzene rings is 2. The Bertz CT molecular complexity index is 773. The van der Waals surface area contributed by atoms with Gasteiger partial charge in [0.1, 0.15) is 11.9 Å². The van der Waals surface area contributed by atoms with E-state index in [2.05, 4.69) is 11.0 Å². The van der Waals surface area contributed by atoms with Gasteiger partial charge in [0.25, 0.3) is 5.91 Å². The standard InChI is InChI=1S/C22H28N2O3/c1-23(2)13-14-24-20-8-6-5-7-17(20)15-19(21(27-4)22(24)25)16-9-11-18(26-3)12-10-16/h5-12,19,21H,13-15H2,1-4H3/t19-,21+/m0/s1. The number of hydrogen-bond acceptors (Lipinski definition) is 4. The average molecular weight is 368 g/mol. The summed E-state index contributed by atoms with van der Waals surface area (Å²) in [5.74, 6) is 0.782. The number of anilines is 1. The number of fused-ring (bicyclic) bond motifs is 1. The maximum atomic E-state index is 13.4. The quantitative estimate of drug-likeness (QED) is 0.786. The molecule has 2 atom stereocenters. The molecule has 0 spiro atoms. The lowest BCUT2D eigenvalue weighted by atomic mass is 9.87. The highest BCUT2D eigenvalue weighted by molar-refractivity contribution is 5.99. The second kappa shape index (κ2) is 8.55. The van der Waals surface area contributed by atoms with Crippen molar-refractivity contribution in [1.29, 1.82) is 0 Å². The van der Waals surface area contributed by atoms with Crippen molar-refractivity contribution in [3.63, 3.8) is 0 Å². The highest BCUT2D eigenvalue weighted by Gasteiger charge is 2.37. The molecule has 5 heteroatoms. The molecule has 0 fully saturated rings. The fourth-order valence-corrected chi connectivity index (χ4v) is 3.67. The Balaban J connectivity index is 2.01. The predicted molar refractivity (Wildman–Crippen MR) is 108 cm³/mol. The number of carbonyl (C=O) groups excluding carboxylic acids is 1. The predicted octanol–water partition coefficient (Wildman–Crippen LogP) is 2.94. The normalized spacial score (nSPS) is 19.7. The summed E-state index contributed by atoms with van der Waals surface area (Å²) in [6.45, 7) is 1.43. The molecular formula is C22H28N2O3. The summed E-state index contributed by atoms with van der Waals surface area (Å²) >= 11 is 0. The number of hydrogen-bond donors (Lipinski definition) is 0. The number of amides is 1. The Morgan fingerprint density at radius 1 is 1.07 bits per heavy atom. The number of para-hydroxylation sites is 1. The molecule has 1 heterocycles. The van der Waals surface area contributed by atoms with E-state index in [0.717, 1.165) is 30.0 Å². The first kappa shape index (κ1) is 19.4. The molecule has 0 unspecified atom stereocenters. The van der Waals surface area contributed by atoms with Crippen molar-refractivity contribution in [2.24, 2.45) is 0 Å². The van der Waals surface area contributed by atoms with Crippen molar-refractivity contribution in [2.45, 2.75) is 18.4 Å². The lowest BCUT2D eigenvalue weighted by Gasteiger charge is -2.28. The van der Waals surface area contributed by atoms with Gasteiger partial charge in [-0.3, -0.25) is 4.79 Å². The van der Waals surface area contributed by atoms with E-state index in [-0.39, 0.29) is 11.8 Å². The van der Waals surface area contributed by atoms with Gasteiger partial charge in [0, 0.05) is 31.8 Å². The van der Waals surface area contributed by atoms with Crippen LogP contribution in [-0.2, 0) is 16.0 Å². The van der Waals surface area contributed by atoms with Gasteiger partial charge in [-0.15, -0.1) is 0 Å². The molecule has 0 radical (unpaired) electrons. The lowest BCUT2D eigenvalue weighted by Crippen LogP contribution is -2.44. The van der Waals surface area contributed by atoms with Crippen molar-refractivity contribution in [2.75, 3.05) is 46.3 Å². The summed E-state index contributed by atoms with van der Waals surface area (Å²) in [4.78, 5) is 17.4. The molecule has 27 heavy (non-hydrogen) atoms. The topological polar surface area (TPSA) is 42.0 Å². The molecule has 1 aliphatic heterocycles. The first-order chi connectivity index (χ1) is 13.0. The van der Waals surface area contributed by atoms with Gasteiger partial charge < -0.3 is 19.3 Å². The van der Waals surface area contributed by atoms with E-state index in [1.807, 2.05) is 61.5 Å². The van der Waals surface area contributed by atoms with Crippen molar-refractivity contribution in [1.82, 2.24) is 4.90 Å². The van der Waals surface area contributed by atoms with Gasteiger partial charge in [-0.05, 0) is 49.8 Å². The fraction of sp³-hybridized carbons (Fsp3) is 0.409. The number of methoxy groups -OCH3 is 2. The summed E-state index contributed by atoms with van der Waals surface area (Å²) < 4.78 is 11.0. The van der Waals surface area contributed by atoms with Crippen LogP contribution in [0.5, 0.6) is 5.75 Å². The van der Waals surface area contributed by atoms with Crippen LogP contribution in [-0.4, -0.2) is 58.3 Å². The Kier molecular flexibility index (Phi) is 6.14. The van der Waals surface area contributed by atoms with E-state index in [1.165, 1.54) is 5.56 Å². The van der Waals surface area contributed by atoms with E-state index in [9.17, 15) is 4.79 Å². The van der Waals surface area contributed by atoms with Crippen molar-refractivity contribution in [3.8, 4) is 5.75 Å². The van der Waals surface area contributed by atoms with Crippen LogP contribution in [0.4, 0.5) is 5.69 Å². The zero-order valence-corrected chi connectivity index (χ0v) is 16.5. The lowest BCUT2D eigenvalue weighted by molar-refractivity contribution is -0.129. The number of likely N-dealkylation sites (N-methyl/N-ethyl adjacent to an activating group) is 1. The van der Waals surface area contributed by atoms with Crippen LogP contribution in [0, 0.1) is 0 Å². The first-order valence-corrected chi connectivity index (χ1v) is 9.26. The zero-order chi connectivity index (χ0) is 19.4. The van der Waals surface area contributed by atoms with Gasteiger partial charge in [-0.2, -0.15) is 0 Å². The second-order valence-corrected chi connectivity index (χ2v) is 7.16. The third-order valence-corrected chi connectivity index (χ3v) is 5.17. The van der Waals surface area contributed by atoms with Crippen LogP contribution < -0.4 is 9.64 Å². The number of rotatable bonds is 6.